The van der Waals surface area contributed by atoms with E-state index in [1.54, 1.807) is 0 Å². The maximum Gasteiger partial charge on any atom is 0.0585 e. The third kappa shape index (κ3) is 5.91. The molecule has 0 aliphatic heterocycles. The molecule has 0 bridgehead atoms. The zero-order valence-electron chi connectivity index (χ0n) is 12.3. The molecule has 1 aromatic carbocycles. The second kappa shape index (κ2) is 7.19. The fraction of sp³-hybridized carbons (Fsp3) is 0.647. The van der Waals surface area contributed by atoms with Crippen LogP contribution in [-0.2, 0) is 6.42 Å². The van der Waals surface area contributed by atoms with Crippen molar-refractivity contribution in [2.75, 3.05) is 0 Å². The van der Waals surface area contributed by atoms with E-state index in [0.29, 0.717) is 5.41 Å². The molecular weight excluding hydrogens is 240 g/mol. The van der Waals surface area contributed by atoms with Crippen LogP contribution in [0.1, 0.15) is 69.9 Å². The van der Waals surface area contributed by atoms with Gasteiger partial charge in [0, 0.05) is 0 Å². The number of benzene rings is 1. The molecule has 0 saturated carbocycles. The molecule has 0 spiro atoms. The van der Waals surface area contributed by atoms with Crippen molar-refractivity contribution in [2.24, 2.45) is 5.41 Å². The molecule has 1 heteroatoms. The maximum absolute atomic E-state index is 6.47. The van der Waals surface area contributed by atoms with Crippen molar-refractivity contribution < 1.29 is 0 Å². The van der Waals surface area contributed by atoms with Crippen LogP contribution in [0.25, 0.3) is 0 Å². The Morgan fingerprint density at radius 3 is 2.22 bits per heavy atom. The lowest BCUT2D eigenvalue weighted by molar-refractivity contribution is 0.363. The zero-order chi connectivity index (χ0) is 13.6. The topological polar surface area (TPSA) is 0 Å². The molecule has 1 unspecified atom stereocenters. The van der Waals surface area contributed by atoms with Gasteiger partial charge in [-0.3, -0.25) is 0 Å². The van der Waals surface area contributed by atoms with Crippen LogP contribution in [0.5, 0.6) is 0 Å². The molecule has 0 amide bonds. The molecule has 0 N–H and O–H groups in total. The van der Waals surface area contributed by atoms with Gasteiger partial charge in [-0.25, -0.2) is 0 Å². The van der Waals surface area contributed by atoms with E-state index < -0.39 is 0 Å². The van der Waals surface area contributed by atoms with E-state index in [9.17, 15) is 0 Å². The SMILES string of the molecule is CCCCc1ccc(C(Cl)CCC(C)(C)C)cc1. The predicted octanol–water partition coefficient (Wildman–Crippen LogP) is 6.14. The largest absolute Gasteiger partial charge is 0.118 e. The summed E-state index contributed by atoms with van der Waals surface area (Å²) in [7, 11) is 0. The van der Waals surface area contributed by atoms with Gasteiger partial charge >= 0.3 is 0 Å². The molecule has 1 atom stereocenters. The summed E-state index contributed by atoms with van der Waals surface area (Å²) >= 11 is 6.47. The second-order valence-corrected chi connectivity index (χ2v) is 6.94. The third-order valence-electron chi connectivity index (χ3n) is 3.31. The zero-order valence-corrected chi connectivity index (χ0v) is 13.1. The molecule has 18 heavy (non-hydrogen) atoms. The Bertz CT molecular complexity index is 332. The van der Waals surface area contributed by atoms with E-state index in [2.05, 4.69) is 52.0 Å². The summed E-state index contributed by atoms with van der Waals surface area (Å²) in [5, 5.41) is 0.157. The average Bonchev–Trinajstić information content (AvgIpc) is 2.33. The first-order chi connectivity index (χ1) is 8.42. The van der Waals surface area contributed by atoms with Crippen molar-refractivity contribution in [3.05, 3.63) is 35.4 Å². The first kappa shape index (κ1) is 15.6. The van der Waals surface area contributed by atoms with Gasteiger partial charge in [0.2, 0.25) is 0 Å². The van der Waals surface area contributed by atoms with E-state index >= 15 is 0 Å². The summed E-state index contributed by atoms with van der Waals surface area (Å²) in [4.78, 5) is 0. The highest BCUT2D eigenvalue weighted by molar-refractivity contribution is 6.20. The smallest absolute Gasteiger partial charge is 0.0585 e. The minimum absolute atomic E-state index is 0.157. The van der Waals surface area contributed by atoms with Crippen molar-refractivity contribution in [3.8, 4) is 0 Å². The molecular formula is C17H27Cl. The fourth-order valence-corrected chi connectivity index (χ4v) is 2.26. The number of aryl methyl sites for hydroxylation is 1. The van der Waals surface area contributed by atoms with Gasteiger partial charge in [0.15, 0.2) is 0 Å². The molecule has 1 rings (SSSR count). The van der Waals surface area contributed by atoms with Crippen molar-refractivity contribution >= 4 is 11.6 Å². The van der Waals surface area contributed by atoms with Crippen molar-refractivity contribution in [1.29, 1.82) is 0 Å². The Hall–Kier alpha value is -0.490. The minimum Gasteiger partial charge on any atom is -0.118 e. The van der Waals surface area contributed by atoms with Crippen LogP contribution >= 0.6 is 11.6 Å². The van der Waals surface area contributed by atoms with Crippen LogP contribution in [-0.4, -0.2) is 0 Å². The normalized spacial score (nSPS) is 13.6. The van der Waals surface area contributed by atoms with Gasteiger partial charge in [-0.2, -0.15) is 0 Å². The first-order valence-electron chi connectivity index (χ1n) is 7.15. The summed E-state index contributed by atoms with van der Waals surface area (Å²) < 4.78 is 0. The Morgan fingerprint density at radius 2 is 1.72 bits per heavy atom. The van der Waals surface area contributed by atoms with E-state index in [1.165, 1.54) is 36.8 Å². The molecule has 1 aromatic rings. The van der Waals surface area contributed by atoms with Gasteiger partial charge in [0.1, 0.15) is 0 Å². The number of unbranched alkanes of at least 4 members (excludes halogenated alkanes) is 1. The third-order valence-corrected chi connectivity index (χ3v) is 3.78. The lowest BCUT2D eigenvalue weighted by atomic mass is 9.88. The van der Waals surface area contributed by atoms with Gasteiger partial charge in [0.05, 0.1) is 5.38 Å². The lowest BCUT2D eigenvalue weighted by Gasteiger charge is -2.20. The summed E-state index contributed by atoms with van der Waals surface area (Å²) in [5.41, 5.74) is 3.07. The fourth-order valence-electron chi connectivity index (χ4n) is 2.00. The number of hydrogen-bond donors (Lipinski definition) is 0. The Balaban J connectivity index is 2.51. The highest BCUT2D eigenvalue weighted by Crippen LogP contribution is 2.31. The predicted molar refractivity (Wildman–Crippen MR) is 82.3 cm³/mol. The Kier molecular flexibility index (Phi) is 6.21. The van der Waals surface area contributed by atoms with Crippen LogP contribution in [0.2, 0.25) is 0 Å². The average molecular weight is 267 g/mol. The van der Waals surface area contributed by atoms with Crippen molar-refractivity contribution in [2.45, 2.75) is 65.2 Å². The summed E-state index contributed by atoms with van der Waals surface area (Å²) in [6.45, 7) is 9.04. The first-order valence-corrected chi connectivity index (χ1v) is 7.59. The summed E-state index contributed by atoms with van der Waals surface area (Å²) in [6, 6.07) is 8.87. The lowest BCUT2D eigenvalue weighted by Crippen LogP contribution is -2.06. The van der Waals surface area contributed by atoms with Gasteiger partial charge in [-0.05, 0) is 42.2 Å². The number of rotatable bonds is 6. The van der Waals surface area contributed by atoms with Crippen molar-refractivity contribution in [3.63, 3.8) is 0 Å². The van der Waals surface area contributed by atoms with Gasteiger partial charge in [0.25, 0.3) is 0 Å². The molecule has 0 fully saturated rings. The summed E-state index contributed by atoms with van der Waals surface area (Å²) in [5.74, 6) is 0. The van der Waals surface area contributed by atoms with Gasteiger partial charge in [-0.1, -0.05) is 58.4 Å². The van der Waals surface area contributed by atoms with Crippen LogP contribution in [0.15, 0.2) is 24.3 Å². The van der Waals surface area contributed by atoms with Crippen molar-refractivity contribution in [1.82, 2.24) is 0 Å². The molecule has 102 valence electrons. The van der Waals surface area contributed by atoms with E-state index in [1.807, 2.05) is 0 Å². The standard InChI is InChI=1S/C17H27Cl/c1-5-6-7-14-8-10-15(11-9-14)16(18)12-13-17(2,3)4/h8-11,16H,5-7,12-13H2,1-4H3. The Morgan fingerprint density at radius 1 is 1.11 bits per heavy atom. The van der Waals surface area contributed by atoms with E-state index in [4.69, 9.17) is 11.6 Å². The molecule has 0 aliphatic carbocycles. The van der Waals surface area contributed by atoms with E-state index in [0.717, 1.165) is 6.42 Å². The maximum atomic E-state index is 6.47. The molecule has 0 nitrogen and oxygen atoms in total. The number of hydrogen-bond acceptors (Lipinski definition) is 0. The highest BCUT2D eigenvalue weighted by atomic mass is 35.5. The van der Waals surface area contributed by atoms with Crippen LogP contribution in [0, 0.1) is 5.41 Å². The number of alkyl halides is 1. The monoisotopic (exact) mass is 266 g/mol. The molecule has 0 saturated heterocycles. The quantitative estimate of drug-likeness (QED) is 0.543. The highest BCUT2D eigenvalue weighted by Gasteiger charge is 2.14. The van der Waals surface area contributed by atoms with Gasteiger partial charge in [-0.15, -0.1) is 11.6 Å². The van der Waals surface area contributed by atoms with E-state index in [-0.39, 0.29) is 5.38 Å². The number of halogens is 1. The minimum atomic E-state index is 0.157. The molecule has 0 aliphatic rings. The molecule has 0 radical (unpaired) electrons. The van der Waals surface area contributed by atoms with Gasteiger partial charge < -0.3 is 0 Å². The Labute approximate surface area is 118 Å². The van der Waals surface area contributed by atoms with Crippen LogP contribution in [0.3, 0.4) is 0 Å². The summed E-state index contributed by atoms with van der Waals surface area (Å²) in [6.07, 6.45) is 5.93. The molecule has 0 aromatic heterocycles. The second-order valence-electron chi connectivity index (χ2n) is 6.41. The van der Waals surface area contributed by atoms with Crippen LogP contribution in [0.4, 0.5) is 0 Å². The van der Waals surface area contributed by atoms with Crippen LogP contribution < -0.4 is 0 Å². The molecule has 0 heterocycles.